The quantitative estimate of drug-likeness (QED) is 0.396. The van der Waals surface area contributed by atoms with Gasteiger partial charge in [-0.2, -0.15) is 5.21 Å². The molecule has 2 aromatic heterocycles. The van der Waals surface area contributed by atoms with Gasteiger partial charge < -0.3 is 9.47 Å². The number of nitrogens with zero attached hydrogens (tertiary/aromatic N) is 4. The zero-order valence-corrected chi connectivity index (χ0v) is 17.3. The number of aromatic nitrogens is 5. The molecule has 0 aliphatic carbocycles. The maximum Gasteiger partial charge on any atom is 0.178 e. The van der Waals surface area contributed by atoms with E-state index in [-0.39, 0.29) is 0 Å². The molecule has 0 amide bonds. The normalized spacial score (nSPS) is 10.9. The molecule has 5 rings (SSSR count). The fourth-order valence-electron chi connectivity index (χ4n) is 3.44. The van der Waals surface area contributed by atoms with Crippen molar-refractivity contribution >= 4 is 10.9 Å². The average molecular weight is 423 g/mol. The largest absolute Gasteiger partial charge is 0.489 e. The second-order valence-electron chi connectivity index (χ2n) is 7.32. The summed E-state index contributed by atoms with van der Waals surface area (Å²) in [5.74, 6) is 2.19. The molecule has 0 bridgehead atoms. The van der Waals surface area contributed by atoms with Gasteiger partial charge in [-0.3, -0.25) is 0 Å². The lowest BCUT2D eigenvalue weighted by atomic mass is 10.1. The second-order valence-corrected chi connectivity index (χ2v) is 7.32. The molecule has 0 saturated carbocycles. The summed E-state index contributed by atoms with van der Waals surface area (Å²) >= 11 is 0. The minimum atomic E-state index is 0.411. The van der Waals surface area contributed by atoms with Crippen LogP contribution in [0.5, 0.6) is 11.5 Å². The van der Waals surface area contributed by atoms with Gasteiger partial charge in [0.2, 0.25) is 0 Å². The predicted molar refractivity (Wildman–Crippen MR) is 120 cm³/mol. The summed E-state index contributed by atoms with van der Waals surface area (Å²) in [6.07, 6.45) is 0.603. The fourth-order valence-corrected chi connectivity index (χ4v) is 3.44. The van der Waals surface area contributed by atoms with Crippen LogP contribution in [0.2, 0.25) is 0 Å². The molecular weight excluding hydrogens is 402 g/mol. The lowest BCUT2D eigenvalue weighted by molar-refractivity contribution is 0.294. The number of tetrazole rings is 1. The highest BCUT2D eigenvalue weighted by Crippen LogP contribution is 2.21. The number of fused-ring (bicyclic) bond motifs is 1. The van der Waals surface area contributed by atoms with E-state index in [2.05, 4.69) is 37.7 Å². The number of pyridine rings is 1. The van der Waals surface area contributed by atoms with Crippen LogP contribution in [0.4, 0.5) is 0 Å². The van der Waals surface area contributed by atoms with Crippen LogP contribution >= 0.6 is 0 Å². The Labute approximate surface area is 185 Å². The van der Waals surface area contributed by atoms with E-state index in [9.17, 15) is 0 Å². The Kier molecular flexibility index (Phi) is 5.70. The van der Waals surface area contributed by atoms with Crippen molar-refractivity contribution in [2.24, 2.45) is 0 Å². The summed E-state index contributed by atoms with van der Waals surface area (Å²) in [4.78, 5) is 4.64. The lowest BCUT2D eigenvalue weighted by Gasteiger charge is -2.11. The maximum atomic E-state index is 5.99. The Hall–Kier alpha value is -4.26. The molecule has 3 aromatic carbocycles. The molecular formula is C25H21N5O2. The number of aromatic amines is 1. The van der Waals surface area contributed by atoms with Crippen molar-refractivity contribution in [2.75, 3.05) is 0 Å². The SMILES string of the molecule is c1ccc(Cc2nn[nH]n2)c(COc2ccc(OCc3ccc4ccccc4n3)cc2)c1. The number of ether oxygens (including phenoxy) is 2. The summed E-state index contributed by atoms with van der Waals surface area (Å²) in [5.41, 5.74) is 4.05. The van der Waals surface area contributed by atoms with Gasteiger partial charge in [-0.25, -0.2) is 4.98 Å². The van der Waals surface area contributed by atoms with E-state index in [1.807, 2.05) is 72.8 Å². The van der Waals surface area contributed by atoms with E-state index < -0.39 is 0 Å². The molecule has 0 radical (unpaired) electrons. The van der Waals surface area contributed by atoms with Crippen molar-refractivity contribution in [3.63, 3.8) is 0 Å². The van der Waals surface area contributed by atoms with Crippen LogP contribution in [0.25, 0.3) is 10.9 Å². The summed E-state index contributed by atoms with van der Waals surface area (Å²) in [6, 6.07) is 27.8. The number of H-pyrrole nitrogens is 1. The lowest BCUT2D eigenvalue weighted by Crippen LogP contribution is -2.02. The summed E-state index contributed by atoms with van der Waals surface area (Å²) < 4.78 is 11.9. The third-order valence-electron chi connectivity index (χ3n) is 5.12. The smallest absolute Gasteiger partial charge is 0.178 e. The molecule has 158 valence electrons. The number of benzene rings is 3. The van der Waals surface area contributed by atoms with Gasteiger partial charge in [0.05, 0.1) is 11.2 Å². The Bertz CT molecular complexity index is 1300. The number of nitrogens with one attached hydrogen (secondary N) is 1. The standard InChI is InChI=1S/C25H21N5O2/c1-2-7-20(19(6-1)15-25-27-29-30-28-25)16-31-22-11-13-23(14-12-22)32-17-21-10-9-18-5-3-4-8-24(18)26-21/h1-14H,15-17H2,(H,27,28,29,30). The van der Waals surface area contributed by atoms with Crippen LogP contribution in [0.3, 0.4) is 0 Å². The molecule has 5 aromatic rings. The van der Waals surface area contributed by atoms with E-state index in [1.165, 1.54) is 0 Å². The molecule has 0 atom stereocenters. The Balaban J connectivity index is 1.18. The first-order valence-electron chi connectivity index (χ1n) is 10.3. The van der Waals surface area contributed by atoms with Gasteiger partial charge in [-0.15, -0.1) is 10.2 Å². The van der Waals surface area contributed by atoms with Crippen LogP contribution in [-0.4, -0.2) is 25.6 Å². The zero-order valence-electron chi connectivity index (χ0n) is 17.3. The van der Waals surface area contributed by atoms with E-state index in [1.54, 1.807) is 0 Å². The van der Waals surface area contributed by atoms with E-state index >= 15 is 0 Å². The summed E-state index contributed by atoms with van der Waals surface area (Å²) in [6.45, 7) is 0.865. The van der Waals surface area contributed by atoms with Crippen molar-refractivity contribution in [1.82, 2.24) is 25.6 Å². The van der Waals surface area contributed by atoms with Crippen molar-refractivity contribution in [3.05, 3.63) is 108 Å². The van der Waals surface area contributed by atoms with E-state index in [4.69, 9.17) is 9.47 Å². The minimum Gasteiger partial charge on any atom is -0.489 e. The number of para-hydroxylation sites is 1. The molecule has 7 heteroatoms. The topological polar surface area (TPSA) is 85.8 Å². The summed E-state index contributed by atoms with van der Waals surface area (Å²) in [5, 5.41) is 15.3. The van der Waals surface area contributed by atoms with Crippen molar-refractivity contribution in [3.8, 4) is 11.5 Å². The predicted octanol–water partition coefficient (Wildman–Crippen LogP) is 4.50. The molecule has 0 spiro atoms. The van der Waals surface area contributed by atoms with Crippen molar-refractivity contribution < 1.29 is 9.47 Å². The molecule has 7 nitrogen and oxygen atoms in total. The molecule has 1 N–H and O–H groups in total. The van der Waals surface area contributed by atoms with E-state index in [0.717, 1.165) is 39.2 Å². The number of hydrogen-bond donors (Lipinski definition) is 1. The number of rotatable bonds is 8. The van der Waals surface area contributed by atoms with Gasteiger partial charge in [0.25, 0.3) is 0 Å². The monoisotopic (exact) mass is 423 g/mol. The van der Waals surface area contributed by atoms with E-state index in [0.29, 0.717) is 25.5 Å². The van der Waals surface area contributed by atoms with Gasteiger partial charge in [0.1, 0.15) is 24.7 Å². The van der Waals surface area contributed by atoms with Gasteiger partial charge >= 0.3 is 0 Å². The van der Waals surface area contributed by atoms with Gasteiger partial charge in [0.15, 0.2) is 5.82 Å². The van der Waals surface area contributed by atoms with Crippen LogP contribution in [-0.2, 0) is 19.6 Å². The van der Waals surface area contributed by atoms with Crippen LogP contribution < -0.4 is 9.47 Å². The van der Waals surface area contributed by atoms with Gasteiger partial charge in [0, 0.05) is 11.8 Å². The van der Waals surface area contributed by atoms with Gasteiger partial charge in [-0.05, 0) is 47.5 Å². The highest BCUT2D eigenvalue weighted by atomic mass is 16.5. The zero-order chi connectivity index (χ0) is 21.6. The maximum absolute atomic E-state index is 5.99. The Morgan fingerprint density at radius 2 is 1.41 bits per heavy atom. The summed E-state index contributed by atoms with van der Waals surface area (Å²) in [7, 11) is 0. The Morgan fingerprint density at radius 1 is 0.688 bits per heavy atom. The average Bonchev–Trinajstić information content (AvgIpc) is 3.36. The minimum absolute atomic E-state index is 0.411. The third kappa shape index (κ3) is 4.73. The van der Waals surface area contributed by atoms with Crippen LogP contribution in [0, 0.1) is 0 Å². The van der Waals surface area contributed by atoms with Gasteiger partial charge in [-0.1, -0.05) is 53.7 Å². The van der Waals surface area contributed by atoms with Crippen LogP contribution in [0.1, 0.15) is 22.6 Å². The molecule has 2 heterocycles. The molecule has 0 aliphatic heterocycles. The third-order valence-corrected chi connectivity index (χ3v) is 5.12. The second kappa shape index (κ2) is 9.26. The number of hydrogen-bond acceptors (Lipinski definition) is 6. The van der Waals surface area contributed by atoms with Crippen LogP contribution in [0.15, 0.2) is 84.9 Å². The molecule has 0 aliphatic rings. The first-order chi connectivity index (χ1) is 15.8. The first kappa shape index (κ1) is 19.7. The molecule has 0 fully saturated rings. The van der Waals surface area contributed by atoms with Crippen molar-refractivity contribution in [1.29, 1.82) is 0 Å². The van der Waals surface area contributed by atoms with Crippen molar-refractivity contribution in [2.45, 2.75) is 19.6 Å². The highest BCUT2D eigenvalue weighted by molar-refractivity contribution is 5.78. The molecule has 0 unspecified atom stereocenters. The molecule has 0 saturated heterocycles. The highest BCUT2D eigenvalue weighted by Gasteiger charge is 2.07. The fraction of sp³-hybridized carbons (Fsp3) is 0.120. The Morgan fingerprint density at radius 3 is 2.19 bits per heavy atom. The molecule has 32 heavy (non-hydrogen) atoms. The first-order valence-corrected chi connectivity index (χ1v) is 10.3.